The summed E-state index contributed by atoms with van der Waals surface area (Å²) in [5, 5.41) is 12.8. The Morgan fingerprint density at radius 3 is 2.94 bits per heavy atom. The number of aliphatic hydroxyl groups is 1. The summed E-state index contributed by atoms with van der Waals surface area (Å²) in [6.45, 7) is 4.62. The molecule has 16 heavy (non-hydrogen) atoms. The van der Waals surface area contributed by atoms with Gasteiger partial charge in [-0.2, -0.15) is 0 Å². The van der Waals surface area contributed by atoms with E-state index in [0.717, 1.165) is 24.4 Å². The van der Waals surface area contributed by atoms with Gasteiger partial charge in [0.15, 0.2) is 0 Å². The van der Waals surface area contributed by atoms with Crippen molar-refractivity contribution >= 4 is 5.69 Å². The van der Waals surface area contributed by atoms with Crippen LogP contribution in [0.3, 0.4) is 0 Å². The fourth-order valence-electron chi connectivity index (χ4n) is 1.87. The highest BCUT2D eigenvalue weighted by Gasteiger charge is 2.16. The van der Waals surface area contributed by atoms with E-state index in [1.165, 1.54) is 12.0 Å². The molecule has 0 aromatic heterocycles. The maximum atomic E-state index is 9.44. The van der Waals surface area contributed by atoms with Gasteiger partial charge in [-0.05, 0) is 38.3 Å². The third-order valence-electron chi connectivity index (χ3n) is 3.03. The van der Waals surface area contributed by atoms with E-state index >= 15 is 0 Å². The Kier molecular flexibility index (Phi) is 3.34. The Morgan fingerprint density at radius 2 is 2.19 bits per heavy atom. The molecule has 0 amide bonds. The first-order chi connectivity index (χ1) is 7.68. The topological polar surface area (TPSA) is 41.5 Å². The quantitative estimate of drug-likeness (QED) is 0.822. The Bertz CT molecular complexity index is 363. The fraction of sp³-hybridized carbons (Fsp3) is 0.538. The molecule has 88 valence electrons. The van der Waals surface area contributed by atoms with E-state index < -0.39 is 6.10 Å². The van der Waals surface area contributed by atoms with Gasteiger partial charge in [0.1, 0.15) is 11.9 Å². The number of ether oxygens (including phenoxy) is 1. The molecule has 0 bridgehead atoms. The standard InChI is InChI=1S/C13H19NO2/c1-9(15)10(2)16-12-7-3-5-11-6-4-8-14-13(11)12/h3,5,7,9-10,14-15H,4,6,8H2,1-2H3. The van der Waals surface area contributed by atoms with Gasteiger partial charge in [-0.1, -0.05) is 12.1 Å². The van der Waals surface area contributed by atoms with Gasteiger partial charge in [0.05, 0.1) is 11.8 Å². The van der Waals surface area contributed by atoms with E-state index in [-0.39, 0.29) is 6.10 Å². The zero-order valence-electron chi connectivity index (χ0n) is 9.86. The maximum Gasteiger partial charge on any atom is 0.143 e. The summed E-state index contributed by atoms with van der Waals surface area (Å²) in [6, 6.07) is 6.09. The summed E-state index contributed by atoms with van der Waals surface area (Å²) < 4.78 is 5.76. The van der Waals surface area contributed by atoms with Gasteiger partial charge in [0.25, 0.3) is 0 Å². The summed E-state index contributed by atoms with van der Waals surface area (Å²) in [5.74, 6) is 0.852. The number of fused-ring (bicyclic) bond motifs is 1. The van der Waals surface area contributed by atoms with E-state index in [1.54, 1.807) is 6.92 Å². The molecule has 2 N–H and O–H groups in total. The molecule has 1 aromatic rings. The largest absolute Gasteiger partial charge is 0.486 e. The van der Waals surface area contributed by atoms with Gasteiger partial charge in [0.2, 0.25) is 0 Å². The van der Waals surface area contributed by atoms with Crippen LogP contribution >= 0.6 is 0 Å². The van der Waals surface area contributed by atoms with Crippen molar-refractivity contribution in [1.29, 1.82) is 0 Å². The molecule has 3 heteroatoms. The normalized spacial score (nSPS) is 18.2. The average Bonchev–Trinajstić information content (AvgIpc) is 2.29. The highest BCUT2D eigenvalue weighted by Crippen LogP contribution is 2.32. The van der Waals surface area contributed by atoms with Gasteiger partial charge in [0, 0.05) is 6.54 Å². The van der Waals surface area contributed by atoms with Crippen molar-refractivity contribution in [3.63, 3.8) is 0 Å². The highest BCUT2D eigenvalue weighted by atomic mass is 16.5. The monoisotopic (exact) mass is 221 g/mol. The Labute approximate surface area is 96.4 Å². The second kappa shape index (κ2) is 4.74. The molecule has 0 saturated carbocycles. The Morgan fingerprint density at radius 1 is 1.38 bits per heavy atom. The number of rotatable bonds is 3. The zero-order chi connectivity index (χ0) is 11.5. The summed E-state index contributed by atoms with van der Waals surface area (Å²) in [4.78, 5) is 0. The van der Waals surface area contributed by atoms with Crippen LogP contribution in [0.25, 0.3) is 0 Å². The van der Waals surface area contributed by atoms with E-state index in [1.807, 2.05) is 19.1 Å². The van der Waals surface area contributed by atoms with Crippen LogP contribution in [0.4, 0.5) is 5.69 Å². The second-order valence-corrected chi connectivity index (χ2v) is 4.38. The lowest BCUT2D eigenvalue weighted by Crippen LogP contribution is -2.26. The average molecular weight is 221 g/mol. The van der Waals surface area contributed by atoms with Gasteiger partial charge in [-0.3, -0.25) is 0 Å². The van der Waals surface area contributed by atoms with Gasteiger partial charge in [-0.15, -0.1) is 0 Å². The van der Waals surface area contributed by atoms with Crippen molar-refractivity contribution in [3.05, 3.63) is 23.8 Å². The lowest BCUT2D eigenvalue weighted by Gasteiger charge is -2.24. The van der Waals surface area contributed by atoms with E-state index in [0.29, 0.717) is 0 Å². The van der Waals surface area contributed by atoms with Crippen LogP contribution in [0.15, 0.2) is 18.2 Å². The summed E-state index contributed by atoms with van der Waals surface area (Å²) >= 11 is 0. The first kappa shape index (κ1) is 11.3. The summed E-state index contributed by atoms with van der Waals surface area (Å²) in [5.41, 5.74) is 2.41. The molecule has 0 saturated heterocycles. The molecule has 1 aliphatic rings. The van der Waals surface area contributed by atoms with Crippen LogP contribution in [0.2, 0.25) is 0 Å². The minimum atomic E-state index is -0.459. The molecule has 2 atom stereocenters. The van der Waals surface area contributed by atoms with Crippen LogP contribution < -0.4 is 10.1 Å². The third-order valence-corrected chi connectivity index (χ3v) is 3.03. The van der Waals surface area contributed by atoms with Crippen molar-refractivity contribution in [2.45, 2.75) is 38.9 Å². The van der Waals surface area contributed by atoms with Crippen molar-refractivity contribution in [2.75, 3.05) is 11.9 Å². The zero-order valence-corrected chi connectivity index (χ0v) is 9.86. The van der Waals surface area contributed by atoms with Crippen LogP contribution in [-0.4, -0.2) is 23.9 Å². The molecular formula is C13H19NO2. The number of para-hydroxylation sites is 1. The number of aryl methyl sites for hydroxylation is 1. The molecule has 2 unspecified atom stereocenters. The molecule has 1 heterocycles. The van der Waals surface area contributed by atoms with E-state index in [2.05, 4.69) is 11.4 Å². The Hall–Kier alpha value is -1.22. The number of hydrogen-bond donors (Lipinski definition) is 2. The lowest BCUT2D eigenvalue weighted by molar-refractivity contribution is 0.0608. The molecule has 1 aromatic carbocycles. The molecule has 3 nitrogen and oxygen atoms in total. The highest BCUT2D eigenvalue weighted by molar-refractivity contribution is 5.63. The smallest absolute Gasteiger partial charge is 0.143 e. The third kappa shape index (κ3) is 2.30. The van der Waals surface area contributed by atoms with Crippen molar-refractivity contribution in [2.24, 2.45) is 0 Å². The van der Waals surface area contributed by atoms with Crippen molar-refractivity contribution in [1.82, 2.24) is 0 Å². The van der Waals surface area contributed by atoms with Crippen molar-refractivity contribution < 1.29 is 9.84 Å². The van der Waals surface area contributed by atoms with E-state index in [9.17, 15) is 5.11 Å². The van der Waals surface area contributed by atoms with E-state index in [4.69, 9.17) is 4.74 Å². The fourth-order valence-corrected chi connectivity index (χ4v) is 1.87. The van der Waals surface area contributed by atoms with Crippen LogP contribution in [-0.2, 0) is 6.42 Å². The SMILES string of the molecule is CC(O)C(C)Oc1cccc2c1NCCC2. The van der Waals surface area contributed by atoms with Gasteiger partial charge < -0.3 is 15.2 Å². The minimum absolute atomic E-state index is 0.185. The molecular weight excluding hydrogens is 202 g/mol. The number of nitrogens with one attached hydrogen (secondary N) is 1. The molecule has 1 aliphatic heterocycles. The predicted octanol–water partition coefficient (Wildman–Crippen LogP) is 2.19. The summed E-state index contributed by atoms with van der Waals surface area (Å²) in [7, 11) is 0. The van der Waals surface area contributed by atoms with Gasteiger partial charge >= 0.3 is 0 Å². The molecule has 0 spiro atoms. The second-order valence-electron chi connectivity index (χ2n) is 4.38. The number of aliphatic hydroxyl groups excluding tert-OH is 1. The van der Waals surface area contributed by atoms with Crippen LogP contribution in [0, 0.1) is 0 Å². The lowest BCUT2D eigenvalue weighted by atomic mass is 10.0. The Balaban J connectivity index is 2.20. The molecule has 2 rings (SSSR count). The predicted molar refractivity (Wildman–Crippen MR) is 65.0 cm³/mol. The number of anilines is 1. The number of benzene rings is 1. The number of hydrogen-bond acceptors (Lipinski definition) is 3. The molecule has 0 radical (unpaired) electrons. The van der Waals surface area contributed by atoms with Gasteiger partial charge in [-0.25, -0.2) is 0 Å². The summed E-state index contributed by atoms with van der Waals surface area (Å²) in [6.07, 6.45) is 1.63. The maximum absolute atomic E-state index is 9.44. The first-order valence-electron chi connectivity index (χ1n) is 5.89. The minimum Gasteiger partial charge on any atom is -0.486 e. The van der Waals surface area contributed by atoms with Crippen molar-refractivity contribution in [3.8, 4) is 5.75 Å². The van der Waals surface area contributed by atoms with Crippen LogP contribution in [0.5, 0.6) is 5.75 Å². The molecule has 0 fully saturated rings. The molecule has 0 aliphatic carbocycles. The first-order valence-corrected chi connectivity index (χ1v) is 5.89. The van der Waals surface area contributed by atoms with Crippen LogP contribution in [0.1, 0.15) is 25.8 Å².